The Labute approximate surface area is 338 Å². The molecule has 0 spiro atoms. The molecule has 3 aromatic heterocycles. The van der Waals surface area contributed by atoms with Crippen molar-refractivity contribution in [3.63, 3.8) is 0 Å². The molecule has 0 N–H and O–H groups in total. The molecule has 0 aliphatic carbocycles. The molecule has 0 radical (unpaired) electrons. The number of fused-ring (bicyclic) bond motifs is 1. The number of hydrogen-bond acceptors (Lipinski definition) is 3. The zero-order chi connectivity index (χ0) is 38.7. The van der Waals surface area contributed by atoms with E-state index >= 15 is 0 Å². The van der Waals surface area contributed by atoms with Crippen molar-refractivity contribution in [2.24, 2.45) is 0 Å². The molecule has 0 fully saturated rings. The minimum atomic E-state index is 0.972. The van der Waals surface area contributed by atoms with E-state index in [1.807, 2.05) is 36.9 Å². The van der Waals surface area contributed by atoms with Crippen molar-refractivity contribution in [2.75, 3.05) is 0 Å². The highest BCUT2D eigenvalue weighted by Gasteiger charge is 2.19. The van der Waals surface area contributed by atoms with E-state index < -0.39 is 0 Å². The molecule has 10 rings (SSSR count). The van der Waals surface area contributed by atoms with Crippen molar-refractivity contribution < 1.29 is 0 Å². The second kappa shape index (κ2) is 15.4. The van der Waals surface area contributed by atoms with Gasteiger partial charge in [-0.3, -0.25) is 15.0 Å². The SMILES string of the molecule is c1ccc(-c2ccc3c(-c4ccccc4)ncc(-c4ccccc4-c4cc(-c5ccccc5-c5cccnc5)cc(-c5ccccc5-c5cccnc5)c4)c3c2)cc1. The molecule has 0 aliphatic rings. The van der Waals surface area contributed by atoms with Gasteiger partial charge in [-0.1, -0.05) is 158 Å². The van der Waals surface area contributed by atoms with E-state index in [2.05, 4.69) is 198 Å². The first-order valence-electron chi connectivity index (χ1n) is 19.6. The maximum Gasteiger partial charge on any atom is 0.0780 e. The molecule has 7 aromatic carbocycles. The van der Waals surface area contributed by atoms with Crippen molar-refractivity contribution in [3.8, 4) is 89.1 Å². The zero-order valence-corrected chi connectivity index (χ0v) is 31.7. The standard InChI is InChI=1S/C55H37N3/c1-3-15-38(16-4-1)40-27-28-52-53(34-40)54(37-58-55(52)39-17-5-2-6-18-39)51-26-12-11-25-50(51)45-32-43(48-23-9-7-21-46(48)41-19-13-29-56-35-41)31-44(33-45)49-24-10-8-22-47(49)42-20-14-30-57-36-42/h1-37H. The quantitative estimate of drug-likeness (QED) is 0.156. The van der Waals surface area contributed by atoms with Gasteiger partial charge in [0.05, 0.1) is 5.69 Å². The second-order valence-corrected chi connectivity index (χ2v) is 14.4. The highest BCUT2D eigenvalue weighted by atomic mass is 14.7. The Balaban J connectivity index is 1.22. The first-order chi connectivity index (χ1) is 28.8. The van der Waals surface area contributed by atoms with Gasteiger partial charge < -0.3 is 0 Å². The minimum Gasteiger partial charge on any atom is -0.264 e. The lowest BCUT2D eigenvalue weighted by Crippen LogP contribution is -1.94. The Hall–Kier alpha value is -7.75. The van der Waals surface area contributed by atoms with Crippen LogP contribution in [-0.2, 0) is 0 Å². The van der Waals surface area contributed by atoms with Gasteiger partial charge in [-0.25, -0.2) is 0 Å². The third-order valence-electron chi connectivity index (χ3n) is 10.9. The molecule has 0 saturated heterocycles. The number of aromatic nitrogens is 3. The van der Waals surface area contributed by atoms with Crippen molar-refractivity contribution in [3.05, 3.63) is 225 Å². The van der Waals surface area contributed by atoms with E-state index in [-0.39, 0.29) is 0 Å². The molecule has 0 bridgehead atoms. The average molecular weight is 740 g/mol. The van der Waals surface area contributed by atoms with Crippen LogP contribution in [0.4, 0.5) is 0 Å². The lowest BCUT2D eigenvalue weighted by molar-refractivity contribution is 1.33. The van der Waals surface area contributed by atoms with Crippen molar-refractivity contribution in [1.29, 1.82) is 0 Å². The molecule has 3 heterocycles. The summed E-state index contributed by atoms with van der Waals surface area (Å²) >= 11 is 0. The van der Waals surface area contributed by atoms with Gasteiger partial charge in [0.2, 0.25) is 0 Å². The lowest BCUT2D eigenvalue weighted by Gasteiger charge is -2.19. The Morgan fingerprint density at radius 1 is 0.241 bits per heavy atom. The van der Waals surface area contributed by atoms with Gasteiger partial charge in [-0.15, -0.1) is 0 Å². The summed E-state index contributed by atoms with van der Waals surface area (Å²) in [7, 11) is 0. The van der Waals surface area contributed by atoms with Gasteiger partial charge in [0.25, 0.3) is 0 Å². The molecule has 58 heavy (non-hydrogen) atoms. The number of hydrogen-bond donors (Lipinski definition) is 0. The average Bonchev–Trinajstić information content (AvgIpc) is 3.32. The normalized spacial score (nSPS) is 11.1. The fourth-order valence-electron chi connectivity index (χ4n) is 8.17. The summed E-state index contributed by atoms with van der Waals surface area (Å²) in [6.45, 7) is 0. The molecule has 0 unspecified atom stereocenters. The van der Waals surface area contributed by atoms with Gasteiger partial charge in [-0.05, 0) is 103 Å². The summed E-state index contributed by atoms with van der Waals surface area (Å²) in [5.74, 6) is 0. The number of rotatable bonds is 8. The van der Waals surface area contributed by atoms with E-state index in [1.165, 1.54) is 11.1 Å². The van der Waals surface area contributed by atoms with E-state index in [4.69, 9.17) is 4.98 Å². The number of nitrogens with zero attached hydrogens (tertiary/aromatic N) is 3. The fourth-order valence-corrected chi connectivity index (χ4v) is 8.17. The van der Waals surface area contributed by atoms with Crippen LogP contribution in [0.3, 0.4) is 0 Å². The van der Waals surface area contributed by atoms with Crippen LogP contribution < -0.4 is 0 Å². The van der Waals surface area contributed by atoms with Crippen LogP contribution in [0.5, 0.6) is 0 Å². The highest BCUT2D eigenvalue weighted by molar-refractivity contribution is 6.07. The van der Waals surface area contributed by atoms with Crippen LogP contribution in [0, 0.1) is 0 Å². The van der Waals surface area contributed by atoms with Crippen molar-refractivity contribution in [2.45, 2.75) is 0 Å². The van der Waals surface area contributed by atoms with E-state index in [1.54, 1.807) is 0 Å². The third-order valence-corrected chi connectivity index (χ3v) is 10.9. The summed E-state index contributed by atoms with van der Waals surface area (Å²) in [4.78, 5) is 14.2. The number of benzene rings is 7. The summed E-state index contributed by atoms with van der Waals surface area (Å²) in [6, 6.07) is 69.2. The van der Waals surface area contributed by atoms with Crippen LogP contribution in [0.15, 0.2) is 225 Å². The van der Waals surface area contributed by atoms with Crippen LogP contribution >= 0.6 is 0 Å². The summed E-state index contributed by atoms with van der Waals surface area (Å²) in [5, 5.41) is 2.27. The molecule has 0 atom stereocenters. The Morgan fingerprint density at radius 2 is 0.672 bits per heavy atom. The maximum atomic E-state index is 5.20. The van der Waals surface area contributed by atoms with Crippen LogP contribution in [0.25, 0.3) is 99.9 Å². The molecule has 10 aromatic rings. The highest BCUT2D eigenvalue weighted by Crippen LogP contribution is 2.44. The Kier molecular flexibility index (Phi) is 9.23. The van der Waals surface area contributed by atoms with Crippen LogP contribution in [0.1, 0.15) is 0 Å². The maximum absolute atomic E-state index is 5.20. The molecule has 3 heteroatoms. The monoisotopic (exact) mass is 739 g/mol. The Morgan fingerprint density at radius 3 is 1.17 bits per heavy atom. The lowest BCUT2D eigenvalue weighted by atomic mass is 9.86. The molecule has 0 aliphatic heterocycles. The summed E-state index contributed by atoms with van der Waals surface area (Å²) in [6.07, 6.45) is 9.60. The largest absolute Gasteiger partial charge is 0.264 e. The van der Waals surface area contributed by atoms with Crippen molar-refractivity contribution >= 4 is 10.8 Å². The van der Waals surface area contributed by atoms with E-state index in [0.717, 1.165) is 88.8 Å². The van der Waals surface area contributed by atoms with E-state index in [9.17, 15) is 0 Å². The second-order valence-electron chi connectivity index (χ2n) is 14.4. The topological polar surface area (TPSA) is 38.7 Å². The third kappa shape index (κ3) is 6.65. The smallest absolute Gasteiger partial charge is 0.0780 e. The molecule has 3 nitrogen and oxygen atoms in total. The zero-order valence-electron chi connectivity index (χ0n) is 31.7. The van der Waals surface area contributed by atoms with Gasteiger partial charge in [0, 0.05) is 58.6 Å². The predicted molar refractivity (Wildman–Crippen MR) is 241 cm³/mol. The van der Waals surface area contributed by atoms with Gasteiger partial charge in [0.1, 0.15) is 0 Å². The van der Waals surface area contributed by atoms with Crippen LogP contribution in [0.2, 0.25) is 0 Å². The van der Waals surface area contributed by atoms with E-state index in [0.29, 0.717) is 0 Å². The predicted octanol–water partition coefficient (Wildman–Crippen LogP) is 14.4. The fraction of sp³-hybridized carbons (Fsp3) is 0. The molecule has 0 saturated carbocycles. The number of pyridine rings is 3. The molecular formula is C55H37N3. The first kappa shape index (κ1) is 34.7. The summed E-state index contributed by atoms with van der Waals surface area (Å²) in [5.41, 5.74) is 17.8. The van der Waals surface area contributed by atoms with Gasteiger partial charge >= 0.3 is 0 Å². The molecule has 0 amide bonds. The Bertz CT molecular complexity index is 2930. The first-order valence-corrected chi connectivity index (χ1v) is 19.6. The van der Waals surface area contributed by atoms with Crippen LogP contribution in [-0.4, -0.2) is 15.0 Å². The molecule has 272 valence electrons. The van der Waals surface area contributed by atoms with Gasteiger partial charge in [0.15, 0.2) is 0 Å². The minimum absolute atomic E-state index is 0.972. The molecular weight excluding hydrogens is 703 g/mol. The summed E-state index contributed by atoms with van der Waals surface area (Å²) < 4.78 is 0. The van der Waals surface area contributed by atoms with Gasteiger partial charge in [-0.2, -0.15) is 0 Å². The van der Waals surface area contributed by atoms with Crippen molar-refractivity contribution in [1.82, 2.24) is 15.0 Å².